The summed E-state index contributed by atoms with van der Waals surface area (Å²) in [6.07, 6.45) is 3.41. The molecule has 190 valence electrons. The molecule has 0 bridgehead atoms. The summed E-state index contributed by atoms with van der Waals surface area (Å²) in [4.78, 5) is 31.0. The number of amides is 1. The van der Waals surface area contributed by atoms with Crippen molar-refractivity contribution in [1.82, 2.24) is 25.2 Å². The van der Waals surface area contributed by atoms with Crippen molar-refractivity contribution in [2.24, 2.45) is 0 Å². The number of hydrogen-bond acceptors (Lipinski definition) is 8. The van der Waals surface area contributed by atoms with Crippen molar-refractivity contribution in [3.63, 3.8) is 0 Å². The van der Waals surface area contributed by atoms with E-state index in [1.165, 1.54) is 11.8 Å². The Hall–Kier alpha value is -3.69. The molecule has 0 radical (unpaired) electrons. The lowest BCUT2D eigenvalue weighted by molar-refractivity contribution is 0.0921. The standard InChI is InChI=1S/C28H30N6O2S/c1-2-33-14-16-34(17-15-33)26-18-24(22-6-4-3-5-7-22)31-28(32-26)37-20-23-8-9-25(36-23)27(35)30-19-21-10-12-29-13-11-21/h3-13,18H,2,14-17,19-20H2,1H3,(H,30,35). The van der Waals surface area contributed by atoms with Crippen LogP contribution in [0.15, 0.2) is 82.6 Å². The molecule has 1 fully saturated rings. The van der Waals surface area contributed by atoms with Gasteiger partial charge < -0.3 is 19.5 Å². The van der Waals surface area contributed by atoms with Crippen molar-refractivity contribution < 1.29 is 9.21 Å². The van der Waals surface area contributed by atoms with E-state index >= 15 is 0 Å². The van der Waals surface area contributed by atoms with Gasteiger partial charge in [0, 0.05) is 56.7 Å². The van der Waals surface area contributed by atoms with Crippen molar-refractivity contribution in [2.75, 3.05) is 37.6 Å². The van der Waals surface area contributed by atoms with E-state index in [-0.39, 0.29) is 11.7 Å². The molecule has 37 heavy (non-hydrogen) atoms. The Labute approximate surface area is 221 Å². The number of rotatable bonds is 9. The summed E-state index contributed by atoms with van der Waals surface area (Å²) < 4.78 is 5.82. The third-order valence-corrected chi connectivity index (χ3v) is 7.21. The number of nitrogens with zero attached hydrogens (tertiary/aromatic N) is 5. The number of benzene rings is 1. The van der Waals surface area contributed by atoms with E-state index in [4.69, 9.17) is 14.4 Å². The number of thioether (sulfide) groups is 1. The molecule has 8 nitrogen and oxygen atoms in total. The normalized spacial score (nSPS) is 14.0. The average Bonchev–Trinajstić information content (AvgIpc) is 3.45. The molecule has 1 aliphatic rings. The zero-order valence-corrected chi connectivity index (χ0v) is 21.7. The van der Waals surface area contributed by atoms with Crippen LogP contribution in [-0.2, 0) is 12.3 Å². The predicted octanol–water partition coefficient (Wildman–Crippen LogP) is 4.50. The molecule has 1 aliphatic heterocycles. The summed E-state index contributed by atoms with van der Waals surface area (Å²) in [5.41, 5.74) is 2.95. The SMILES string of the molecule is CCN1CCN(c2cc(-c3ccccc3)nc(SCc3ccc(C(=O)NCc4ccncc4)o3)n2)CC1. The number of carbonyl (C=O) groups is 1. The zero-order chi connectivity index (χ0) is 25.5. The van der Waals surface area contributed by atoms with Gasteiger partial charge in [-0.1, -0.05) is 49.0 Å². The number of likely N-dealkylation sites (N-methyl/N-ethyl adjacent to an activating group) is 1. The summed E-state index contributed by atoms with van der Waals surface area (Å²) >= 11 is 1.51. The molecule has 1 saturated heterocycles. The van der Waals surface area contributed by atoms with Crippen LogP contribution in [0.4, 0.5) is 5.82 Å². The fraction of sp³-hybridized carbons (Fsp3) is 0.286. The second-order valence-electron chi connectivity index (χ2n) is 8.77. The Morgan fingerprint density at radius 2 is 1.78 bits per heavy atom. The molecule has 0 saturated carbocycles. The summed E-state index contributed by atoms with van der Waals surface area (Å²) in [5, 5.41) is 3.57. The van der Waals surface area contributed by atoms with Gasteiger partial charge >= 0.3 is 0 Å². The number of furan rings is 1. The van der Waals surface area contributed by atoms with Gasteiger partial charge in [0.15, 0.2) is 10.9 Å². The zero-order valence-electron chi connectivity index (χ0n) is 20.8. The van der Waals surface area contributed by atoms with Crippen LogP contribution in [0, 0.1) is 0 Å². The molecule has 3 aromatic heterocycles. The molecule has 0 unspecified atom stereocenters. The highest BCUT2D eigenvalue weighted by molar-refractivity contribution is 7.98. The van der Waals surface area contributed by atoms with Crippen molar-refractivity contribution >= 4 is 23.5 Å². The van der Waals surface area contributed by atoms with Crippen molar-refractivity contribution in [3.8, 4) is 11.3 Å². The monoisotopic (exact) mass is 514 g/mol. The highest BCUT2D eigenvalue weighted by Crippen LogP contribution is 2.28. The topological polar surface area (TPSA) is 87.4 Å². The van der Waals surface area contributed by atoms with E-state index in [1.807, 2.05) is 36.4 Å². The van der Waals surface area contributed by atoms with Gasteiger partial charge in [-0.25, -0.2) is 9.97 Å². The smallest absolute Gasteiger partial charge is 0.287 e. The van der Waals surface area contributed by atoms with Crippen LogP contribution in [0.1, 0.15) is 28.8 Å². The first kappa shape index (κ1) is 25.0. The molecular weight excluding hydrogens is 484 g/mol. The van der Waals surface area contributed by atoms with E-state index < -0.39 is 0 Å². The Morgan fingerprint density at radius 3 is 2.54 bits per heavy atom. The first-order valence-corrected chi connectivity index (χ1v) is 13.5. The Bertz CT molecular complexity index is 1310. The van der Waals surface area contributed by atoms with Crippen molar-refractivity contribution in [3.05, 3.63) is 90.1 Å². The predicted molar refractivity (Wildman–Crippen MR) is 145 cm³/mol. The minimum absolute atomic E-state index is 0.246. The lowest BCUT2D eigenvalue weighted by Gasteiger charge is -2.35. The number of anilines is 1. The Balaban J connectivity index is 1.27. The van der Waals surface area contributed by atoms with E-state index in [0.717, 1.165) is 55.4 Å². The summed E-state index contributed by atoms with van der Waals surface area (Å²) in [6, 6.07) is 19.5. The van der Waals surface area contributed by atoms with Crippen LogP contribution in [0.2, 0.25) is 0 Å². The van der Waals surface area contributed by atoms with E-state index in [1.54, 1.807) is 18.5 Å². The van der Waals surface area contributed by atoms with Crippen LogP contribution in [-0.4, -0.2) is 58.5 Å². The van der Waals surface area contributed by atoms with E-state index in [0.29, 0.717) is 23.2 Å². The fourth-order valence-corrected chi connectivity index (χ4v) is 4.92. The van der Waals surface area contributed by atoms with Gasteiger partial charge in [-0.2, -0.15) is 0 Å². The maximum Gasteiger partial charge on any atom is 0.287 e. The number of pyridine rings is 1. The van der Waals surface area contributed by atoms with E-state index in [2.05, 4.69) is 45.2 Å². The largest absolute Gasteiger partial charge is 0.455 e. The van der Waals surface area contributed by atoms with Crippen LogP contribution in [0.3, 0.4) is 0 Å². The molecule has 1 N–H and O–H groups in total. The number of nitrogens with one attached hydrogen (secondary N) is 1. The van der Waals surface area contributed by atoms with Crippen LogP contribution in [0.5, 0.6) is 0 Å². The van der Waals surface area contributed by atoms with Gasteiger partial charge in [-0.15, -0.1) is 0 Å². The molecule has 0 aliphatic carbocycles. The molecule has 1 amide bonds. The van der Waals surface area contributed by atoms with E-state index in [9.17, 15) is 4.79 Å². The maximum absolute atomic E-state index is 12.5. The second kappa shape index (κ2) is 12.0. The number of hydrogen-bond donors (Lipinski definition) is 1. The number of aromatic nitrogens is 3. The number of piperazine rings is 1. The summed E-state index contributed by atoms with van der Waals surface area (Å²) in [6.45, 7) is 7.64. The van der Waals surface area contributed by atoms with Crippen LogP contribution < -0.4 is 10.2 Å². The van der Waals surface area contributed by atoms with Gasteiger partial charge in [0.25, 0.3) is 5.91 Å². The highest BCUT2D eigenvalue weighted by atomic mass is 32.2. The third kappa shape index (κ3) is 6.55. The fourth-order valence-electron chi connectivity index (χ4n) is 4.17. The van der Waals surface area contributed by atoms with Gasteiger partial charge in [0.2, 0.25) is 0 Å². The van der Waals surface area contributed by atoms with Crippen molar-refractivity contribution in [1.29, 1.82) is 0 Å². The quantitative estimate of drug-likeness (QED) is 0.258. The molecule has 1 aromatic carbocycles. The minimum atomic E-state index is -0.246. The highest BCUT2D eigenvalue weighted by Gasteiger charge is 2.19. The first-order chi connectivity index (χ1) is 18.2. The minimum Gasteiger partial charge on any atom is -0.455 e. The maximum atomic E-state index is 12.5. The molecule has 0 spiro atoms. The molecular formula is C28H30N6O2S. The molecule has 0 atom stereocenters. The lowest BCUT2D eigenvalue weighted by Crippen LogP contribution is -2.46. The molecule has 9 heteroatoms. The average molecular weight is 515 g/mol. The number of carbonyl (C=O) groups excluding carboxylic acids is 1. The first-order valence-electron chi connectivity index (χ1n) is 12.5. The van der Waals surface area contributed by atoms with Gasteiger partial charge in [0.05, 0.1) is 11.4 Å². The second-order valence-corrected chi connectivity index (χ2v) is 9.72. The molecule has 4 heterocycles. The Kier molecular flexibility index (Phi) is 8.12. The van der Waals surface area contributed by atoms with Crippen LogP contribution >= 0.6 is 11.8 Å². The molecule has 4 aromatic rings. The molecule has 5 rings (SSSR count). The third-order valence-electron chi connectivity index (χ3n) is 6.34. The summed E-state index contributed by atoms with van der Waals surface area (Å²) in [7, 11) is 0. The van der Waals surface area contributed by atoms with Gasteiger partial charge in [0.1, 0.15) is 11.6 Å². The Morgan fingerprint density at radius 1 is 1.00 bits per heavy atom. The van der Waals surface area contributed by atoms with Gasteiger partial charge in [-0.05, 0) is 36.4 Å². The van der Waals surface area contributed by atoms with Crippen LogP contribution in [0.25, 0.3) is 11.3 Å². The van der Waals surface area contributed by atoms with Crippen molar-refractivity contribution in [2.45, 2.75) is 24.4 Å². The lowest BCUT2D eigenvalue weighted by atomic mass is 10.1. The summed E-state index contributed by atoms with van der Waals surface area (Å²) in [5.74, 6) is 2.22. The van der Waals surface area contributed by atoms with Gasteiger partial charge in [-0.3, -0.25) is 9.78 Å².